The molecular weight excluding hydrogens is 504 g/mol. The van der Waals surface area contributed by atoms with Crippen molar-refractivity contribution in [2.45, 2.75) is 24.2 Å². The molecule has 0 spiro atoms. The lowest BCUT2D eigenvalue weighted by molar-refractivity contribution is -0.119. The number of aromatic nitrogens is 2. The van der Waals surface area contributed by atoms with Gasteiger partial charge in [-0.3, -0.25) is 20.0 Å². The minimum absolute atomic E-state index is 0.00875. The minimum Gasteiger partial charge on any atom is -0.345 e. The van der Waals surface area contributed by atoms with Crippen molar-refractivity contribution >= 4 is 50.0 Å². The number of nitrogens with zero attached hydrogens (tertiary/aromatic N) is 5. The smallest absolute Gasteiger partial charge is 0.269 e. The van der Waals surface area contributed by atoms with Gasteiger partial charge in [-0.05, 0) is 46.5 Å². The normalized spacial score (nSPS) is 14.2. The molecule has 2 aromatic rings. The topological polar surface area (TPSA) is 102 Å². The molecule has 1 aliphatic rings. The fourth-order valence-electron chi connectivity index (χ4n) is 3.07. The number of hydrazine groups is 1. The van der Waals surface area contributed by atoms with E-state index >= 15 is 0 Å². The number of amides is 2. The average Bonchev–Trinajstić information content (AvgIpc) is 2.78. The van der Waals surface area contributed by atoms with Crippen molar-refractivity contribution in [2.75, 3.05) is 18.1 Å². The summed E-state index contributed by atoms with van der Waals surface area (Å²) in [5, 5.41) is 11.6. The van der Waals surface area contributed by atoms with Gasteiger partial charge >= 0.3 is 0 Å². The Labute approximate surface area is 185 Å². The largest absolute Gasteiger partial charge is 0.345 e. The molecule has 1 N–H and O–H groups in total. The Balaban J connectivity index is 1.89. The van der Waals surface area contributed by atoms with Crippen LogP contribution >= 0.6 is 31.9 Å². The Morgan fingerprint density at radius 3 is 2.62 bits per heavy atom. The summed E-state index contributed by atoms with van der Waals surface area (Å²) in [6, 6.07) is 9.11. The van der Waals surface area contributed by atoms with Crippen LogP contribution in [0.15, 0.2) is 34.9 Å². The van der Waals surface area contributed by atoms with Gasteiger partial charge in [0.05, 0.1) is 10.5 Å². The molecule has 0 radical (unpaired) electrons. The summed E-state index contributed by atoms with van der Waals surface area (Å²) in [6.07, 6.45) is 3.63. The van der Waals surface area contributed by atoms with Gasteiger partial charge < -0.3 is 4.90 Å². The minimum atomic E-state index is -0.284. The maximum Gasteiger partial charge on any atom is 0.269 e. The quantitative estimate of drug-likeness (QED) is 0.356. The van der Waals surface area contributed by atoms with E-state index in [-0.39, 0.29) is 17.8 Å². The first kappa shape index (κ1) is 21.2. The molecule has 2 heterocycles. The number of piperidine rings is 1. The molecule has 0 unspecified atom stereocenters. The van der Waals surface area contributed by atoms with Crippen LogP contribution in [0.3, 0.4) is 0 Å². The number of alkyl halides is 1. The molecule has 0 saturated carbocycles. The lowest BCUT2D eigenvalue weighted by Gasteiger charge is -2.38. The molecule has 150 valence electrons. The van der Waals surface area contributed by atoms with Gasteiger partial charge in [-0.25, -0.2) is 4.98 Å². The van der Waals surface area contributed by atoms with Gasteiger partial charge in [0.2, 0.25) is 12.2 Å². The highest BCUT2D eigenvalue weighted by Crippen LogP contribution is 2.27. The maximum absolute atomic E-state index is 12.9. The standard InChI is InChI=1S/C19H18Br2N6O2/c20-9-13-1-3-14(4-2-13)19(29)25-27(15-5-7-26(12-28)8-6-15)18-16(21)11-23-17(10-22)24-18/h1-4,11-12,15H,5-9H2,(H,25,29). The van der Waals surface area contributed by atoms with Gasteiger partial charge in [0.25, 0.3) is 5.91 Å². The Morgan fingerprint density at radius 2 is 2.03 bits per heavy atom. The fraction of sp³-hybridized carbons (Fsp3) is 0.316. The molecule has 0 atom stereocenters. The predicted octanol–water partition coefficient (Wildman–Crippen LogP) is 2.78. The second-order valence-electron chi connectivity index (χ2n) is 6.49. The molecule has 1 aliphatic heterocycles. The number of hydrogen-bond donors (Lipinski definition) is 1. The van der Waals surface area contributed by atoms with Crippen LogP contribution in [-0.2, 0) is 10.1 Å². The summed E-state index contributed by atoms with van der Waals surface area (Å²) in [5.41, 5.74) is 4.50. The van der Waals surface area contributed by atoms with Crippen LogP contribution in [0.2, 0.25) is 0 Å². The SMILES string of the molecule is N#Cc1ncc(Br)c(N(NC(=O)c2ccc(CBr)cc2)C2CCN(C=O)CC2)n1. The molecule has 1 fully saturated rings. The van der Waals surface area contributed by atoms with Gasteiger partial charge in [0.1, 0.15) is 6.07 Å². The predicted molar refractivity (Wildman–Crippen MR) is 114 cm³/mol. The zero-order valence-corrected chi connectivity index (χ0v) is 18.6. The van der Waals surface area contributed by atoms with Gasteiger partial charge in [-0.2, -0.15) is 10.2 Å². The highest BCUT2D eigenvalue weighted by atomic mass is 79.9. The number of halogens is 2. The van der Waals surface area contributed by atoms with Crippen LogP contribution in [0, 0.1) is 11.3 Å². The summed E-state index contributed by atoms with van der Waals surface area (Å²) >= 11 is 6.81. The molecule has 1 aromatic carbocycles. The highest BCUT2D eigenvalue weighted by Gasteiger charge is 2.28. The van der Waals surface area contributed by atoms with Crippen molar-refractivity contribution < 1.29 is 9.59 Å². The van der Waals surface area contributed by atoms with Crippen LogP contribution in [-0.4, -0.2) is 46.3 Å². The number of benzene rings is 1. The van der Waals surface area contributed by atoms with E-state index in [9.17, 15) is 14.9 Å². The number of carbonyl (C=O) groups is 2. The van der Waals surface area contributed by atoms with Gasteiger partial charge in [-0.1, -0.05) is 28.1 Å². The third-order valence-electron chi connectivity index (χ3n) is 4.66. The molecule has 1 aromatic heterocycles. The van der Waals surface area contributed by atoms with Crippen molar-refractivity contribution in [2.24, 2.45) is 0 Å². The van der Waals surface area contributed by atoms with E-state index in [1.165, 1.54) is 6.20 Å². The number of anilines is 1. The van der Waals surface area contributed by atoms with E-state index in [1.807, 2.05) is 18.2 Å². The van der Waals surface area contributed by atoms with Crippen LogP contribution in [0.25, 0.3) is 0 Å². The van der Waals surface area contributed by atoms with E-state index in [0.29, 0.717) is 47.1 Å². The van der Waals surface area contributed by atoms with Crippen molar-refractivity contribution in [3.8, 4) is 6.07 Å². The highest BCUT2D eigenvalue weighted by molar-refractivity contribution is 9.10. The summed E-state index contributed by atoms with van der Waals surface area (Å²) in [5.74, 6) is 0.133. The van der Waals surface area contributed by atoms with Crippen LogP contribution in [0.5, 0.6) is 0 Å². The summed E-state index contributed by atoms with van der Waals surface area (Å²) < 4.78 is 0.559. The Bertz CT molecular complexity index is 923. The number of nitrogens with one attached hydrogen (secondary N) is 1. The van der Waals surface area contributed by atoms with Crippen LogP contribution in [0.1, 0.15) is 34.6 Å². The first-order valence-electron chi connectivity index (χ1n) is 8.92. The maximum atomic E-state index is 12.9. The fourth-order valence-corrected chi connectivity index (χ4v) is 3.82. The second-order valence-corrected chi connectivity index (χ2v) is 7.91. The number of hydrogen-bond acceptors (Lipinski definition) is 6. The Hall–Kier alpha value is -2.51. The zero-order chi connectivity index (χ0) is 20.8. The average molecular weight is 522 g/mol. The molecule has 2 amide bonds. The summed E-state index contributed by atoms with van der Waals surface area (Å²) in [6.45, 7) is 1.16. The summed E-state index contributed by atoms with van der Waals surface area (Å²) in [4.78, 5) is 33.9. The molecular formula is C19H18Br2N6O2. The van der Waals surface area contributed by atoms with Crippen molar-refractivity contribution in [3.05, 3.63) is 51.9 Å². The van der Waals surface area contributed by atoms with E-state index in [1.54, 1.807) is 22.0 Å². The number of nitriles is 1. The monoisotopic (exact) mass is 520 g/mol. The Kier molecular flexibility index (Phi) is 7.17. The van der Waals surface area contributed by atoms with Crippen LogP contribution < -0.4 is 10.4 Å². The van der Waals surface area contributed by atoms with Gasteiger partial charge in [0.15, 0.2) is 5.82 Å². The molecule has 3 rings (SSSR count). The second kappa shape index (κ2) is 9.80. The van der Waals surface area contributed by atoms with Crippen molar-refractivity contribution in [3.63, 3.8) is 0 Å². The summed E-state index contributed by atoms with van der Waals surface area (Å²) in [7, 11) is 0. The zero-order valence-electron chi connectivity index (χ0n) is 15.4. The molecule has 1 saturated heterocycles. The lowest BCUT2D eigenvalue weighted by Crippen LogP contribution is -2.53. The molecule has 8 nitrogen and oxygen atoms in total. The third-order valence-corrected chi connectivity index (χ3v) is 5.87. The van der Waals surface area contributed by atoms with E-state index < -0.39 is 0 Å². The number of rotatable bonds is 6. The van der Waals surface area contributed by atoms with Gasteiger partial charge in [0, 0.05) is 30.2 Å². The molecule has 10 heteroatoms. The number of carbonyl (C=O) groups excluding carboxylic acids is 2. The van der Waals surface area contributed by atoms with Crippen LogP contribution in [0.4, 0.5) is 5.82 Å². The van der Waals surface area contributed by atoms with Crippen molar-refractivity contribution in [1.29, 1.82) is 5.26 Å². The molecule has 0 bridgehead atoms. The van der Waals surface area contributed by atoms with E-state index in [0.717, 1.165) is 12.0 Å². The molecule has 29 heavy (non-hydrogen) atoms. The number of likely N-dealkylation sites (tertiary alicyclic amines) is 1. The van der Waals surface area contributed by atoms with Crippen molar-refractivity contribution in [1.82, 2.24) is 20.3 Å². The van der Waals surface area contributed by atoms with E-state index in [4.69, 9.17) is 0 Å². The lowest BCUT2D eigenvalue weighted by atomic mass is 10.0. The first-order valence-corrected chi connectivity index (χ1v) is 10.8. The van der Waals surface area contributed by atoms with E-state index in [2.05, 4.69) is 47.3 Å². The Morgan fingerprint density at radius 1 is 1.34 bits per heavy atom. The first-order chi connectivity index (χ1) is 14.0. The van der Waals surface area contributed by atoms with Gasteiger partial charge in [-0.15, -0.1) is 0 Å². The molecule has 0 aliphatic carbocycles. The third kappa shape index (κ3) is 5.10.